The summed E-state index contributed by atoms with van der Waals surface area (Å²) in [6, 6.07) is 7.35. The molecule has 2 unspecified atom stereocenters. The average Bonchev–Trinajstić information content (AvgIpc) is 2.36. The third kappa shape index (κ3) is 4.36. The van der Waals surface area contributed by atoms with Crippen molar-refractivity contribution in [2.24, 2.45) is 0 Å². The number of benzene rings is 1. The largest absolute Gasteiger partial charge is 0.411 e. The van der Waals surface area contributed by atoms with E-state index >= 15 is 0 Å². The monoisotopic (exact) mass is 314 g/mol. The topological polar surface area (TPSA) is 9.23 Å². The zero-order valence-corrected chi connectivity index (χ0v) is 11.6. The van der Waals surface area contributed by atoms with E-state index in [-0.39, 0.29) is 18.9 Å². The quantitative estimate of drug-likeness (QED) is 0.665. The molecule has 1 nitrogen and oxygen atoms in total. The van der Waals surface area contributed by atoms with E-state index in [0.717, 1.165) is 0 Å². The fourth-order valence-corrected chi connectivity index (χ4v) is 2.12. The van der Waals surface area contributed by atoms with Crippen molar-refractivity contribution in [1.29, 1.82) is 0 Å². The van der Waals surface area contributed by atoms with Gasteiger partial charge in [-0.25, -0.2) is 13.2 Å². The highest BCUT2D eigenvalue weighted by Gasteiger charge is 2.58. The minimum atomic E-state index is -4.89. The molecule has 2 atom stereocenters. The lowest BCUT2D eigenvalue weighted by Gasteiger charge is -2.37. The van der Waals surface area contributed by atoms with Crippen molar-refractivity contribution in [3.8, 4) is 0 Å². The molecule has 0 aliphatic rings. The lowest BCUT2D eigenvalue weighted by Crippen LogP contribution is -2.50. The van der Waals surface area contributed by atoms with Gasteiger partial charge in [-0.2, -0.15) is 13.2 Å². The molecule has 0 aliphatic heterocycles. The zero-order chi connectivity index (χ0) is 16.3. The van der Waals surface area contributed by atoms with Gasteiger partial charge in [0.05, 0.1) is 0 Å². The Morgan fingerprint density at radius 3 is 1.90 bits per heavy atom. The Morgan fingerprint density at radius 2 is 1.52 bits per heavy atom. The van der Waals surface area contributed by atoms with Crippen molar-refractivity contribution in [2.45, 2.75) is 44.1 Å². The smallest absolute Gasteiger partial charge is 0.331 e. The molecule has 0 spiro atoms. The molecular weight excluding hydrogens is 298 g/mol. The SMILES string of the molecule is CCC(c1ccccc1)C(F)(OCC(F)(F)F)C(C)(F)F. The van der Waals surface area contributed by atoms with Gasteiger partial charge in [0.1, 0.15) is 6.61 Å². The first-order chi connectivity index (χ1) is 9.51. The maximum absolute atomic E-state index is 14.7. The normalized spacial score (nSPS) is 17.3. The number of hydrogen-bond acceptors (Lipinski definition) is 1. The number of hydrogen-bond donors (Lipinski definition) is 0. The van der Waals surface area contributed by atoms with Gasteiger partial charge in [-0.15, -0.1) is 0 Å². The third-order valence-corrected chi connectivity index (χ3v) is 3.10. The van der Waals surface area contributed by atoms with Gasteiger partial charge in [0.25, 0.3) is 5.85 Å². The van der Waals surface area contributed by atoms with Crippen molar-refractivity contribution in [1.82, 2.24) is 0 Å². The summed E-state index contributed by atoms with van der Waals surface area (Å²) in [5.74, 6) is -9.34. The van der Waals surface area contributed by atoms with Crippen molar-refractivity contribution in [3.63, 3.8) is 0 Å². The van der Waals surface area contributed by atoms with Crippen LogP contribution in [0.5, 0.6) is 0 Å². The molecular formula is C14H16F6O. The van der Waals surface area contributed by atoms with E-state index in [0.29, 0.717) is 0 Å². The molecule has 0 saturated carbocycles. The van der Waals surface area contributed by atoms with Gasteiger partial charge in [-0.3, -0.25) is 0 Å². The molecule has 1 rings (SSSR count). The van der Waals surface area contributed by atoms with Gasteiger partial charge in [0.15, 0.2) is 0 Å². The summed E-state index contributed by atoms with van der Waals surface area (Å²) in [7, 11) is 0. The molecule has 0 radical (unpaired) electrons. The molecule has 0 bridgehead atoms. The molecule has 0 amide bonds. The summed E-state index contributed by atoms with van der Waals surface area (Å²) in [6.45, 7) is -0.445. The Balaban J connectivity index is 3.16. The number of rotatable bonds is 6. The molecule has 1 aromatic carbocycles. The van der Waals surface area contributed by atoms with Gasteiger partial charge in [-0.05, 0) is 12.0 Å². The Labute approximate surface area is 118 Å². The molecule has 0 aromatic heterocycles. The number of halogens is 6. The highest BCUT2D eigenvalue weighted by atomic mass is 19.4. The van der Waals surface area contributed by atoms with E-state index in [1.54, 1.807) is 6.07 Å². The van der Waals surface area contributed by atoms with Crippen molar-refractivity contribution in [3.05, 3.63) is 35.9 Å². The molecule has 0 heterocycles. The summed E-state index contributed by atoms with van der Waals surface area (Å²) in [4.78, 5) is 0. The lowest BCUT2D eigenvalue weighted by molar-refractivity contribution is -0.314. The van der Waals surface area contributed by atoms with Gasteiger partial charge >= 0.3 is 12.1 Å². The van der Waals surface area contributed by atoms with Crippen LogP contribution in [0.4, 0.5) is 26.3 Å². The van der Waals surface area contributed by atoms with Crippen LogP contribution in [0.15, 0.2) is 30.3 Å². The Kier molecular flexibility index (Phi) is 5.30. The summed E-state index contributed by atoms with van der Waals surface area (Å²) >= 11 is 0. The Morgan fingerprint density at radius 1 is 1.00 bits per heavy atom. The molecule has 0 fully saturated rings. The van der Waals surface area contributed by atoms with E-state index < -0.39 is 30.5 Å². The summed E-state index contributed by atoms with van der Waals surface area (Å²) in [6.07, 6.45) is -5.03. The molecule has 0 saturated heterocycles. The third-order valence-electron chi connectivity index (χ3n) is 3.10. The van der Waals surface area contributed by atoms with Crippen LogP contribution in [0.25, 0.3) is 0 Å². The summed E-state index contributed by atoms with van der Waals surface area (Å²) in [5, 5.41) is 0. The predicted octanol–water partition coefficient (Wildman–Crippen LogP) is 5.08. The Hall–Kier alpha value is -1.24. The van der Waals surface area contributed by atoms with E-state index in [2.05, 4.69) is 4.74 Å². The highest BCUT2D eigenvalue weighted by Crippen LogP contribution is 2.46. The van der Waals surface area contributed by atoms with E-state index in [9.17, 15) is 26.3 Å². The van der Waals surface area contributed by atoms with Gasteiger partial charge in [0.2, 0.25) is 0 Å². The van der Waals surface area contributed by atoms with Gasteiger partial charge in [0, 0.05) is 12.8 Å². The maximum atomic E-state index is 14.7. The highest BCUT2D eigenvalue weighted by molar-refractivity contribution is 5.23. The molecule has 120 valence electrons. The van der Waals surface area contributed by atoms with Crippen molar-refractivity contribution < 1.29 is 31.1 Å². The van der Waals surface area contributed by atoms with Crippen LogP contribution in [0, 0.1) is 0 Å². The van der Waals surface area contributed by atoms with Crippen LogP contribution in [0.2, 0.25) is 0 Å². The number of ether oxygens (including phenoxy) is 1. The standard InChI is InChI=1S/C14H16F6O/c1-3-11(10-7-5-4-6-8-10)14(20,12(2,15)16)21-9-13(17,18)19/h4-8,11H,3,9H2,1-2H3. The van der Waals surface area contributed by atoms with Crippen LogP contribution >= 0.6 is 0 Å². The summed E-state index contributed by atoms with van der Waals surface area (Å²) in [5.41, 5.74) is 0.159. The molecule has 7 heteroatoms. The second-order valence-electron chi connectivity index (χ2n) is 4.81. The molecule has 0 N–H and O–H groups in total. The summed E-state index contributed by atoms with van der Waals surface area (Å²) < 4.78 is 82.6. The molecule has 0 aliphatic carbocycles. The second-order valence-corrected chi connectivity index (χ2v) is 4.81. The second kappa shape index (κ2) is 6.25. The van der Waals surface area contributed by atoms with Crippen molar-refractivity contribution in [2.75, 3.05) is 6.61 Å². The van der Waals surface area contributed by atoms with Crippen LogP contribution in [-0.2, 0) is 4.74 Å². The Bertz CT molecular complexity index is 439. The van der Waals surface area contributed by atoms with Crippen LogP contribution in [-0.4, -0.2) is 24.6 Å². The first kappa shape index (κ1) is 17.8. The lowest BCUT2D eigenvalue weighted by atomic mass is 9.86. The van der Waals surface area contributed by atoms with Gasteiger partial charge in [-0.1, -0.05) is 37.3 Å². The van der Waals surface area contributed by atoms with Crippen LogP contribution in [0.1, 0.15) is 31.7 Å². The zero-order valence-electron chi connectivity index (χ0n) is 11.6. The minimum absolute atomic E-state index is 0.137. The predicted molar refractivity (Wildman–Crippen MR) is 65.9 cm³/mol. The maximum Gasteiger partial charge on any atom is 0.411 e. The fraction of sp³-hybridized carbons (Fsp3) is 0.571. The van der Waals surface area contributed by atoms with E-state index in [1.165, 1.54) is 31.2 Å². The number of alkyl halides is 6. The molecule has 21 heavy (non-hydrogen) atoms. The van der Waals surface area contributed by atoms with Gasteiger partial charge < -0.3 is 4.74 Å². The van der Waals surface area contributed by atoms with Crippen molar-refractivity contribution >= 4 is 0 Å². The fourth-order valence-electron chi connectivity index (χ4n) is 2.12. The molecule has 1 aromatic rings. The van der Waals surface area contributed by atoms with Crippen LogP contribution < -0.4 is 0 Å². The first-order valence-electron chi connectivity index (χ1n) is 6.33. The van der Waals surface area contributed by atoms with Crippen LogP contribution in [0.3, 0.4) is 0 Å². The van der Waals surface area contributed by atoms with E-state index in [1.807, 2.05) is 0 Å². The first-order valence-corrected chi connectivity index (χ1v) is 6.33. The average molecular weight is 314 g/mol. The minimum Gasteiger partial charge on any atom is -0.331 e. The van der Waals surface area contributed by atoms with E-state index in [4.69, 9.17) is 0 Å².